The van der Waals surface area contributed by atoms with Crippen LogP contribution in [-0.2, 0) is 0 Å². The molecule has 2 unspecified atom stereocenters. The standard InChI is InChI=1S/C26H45N/c1-3-5-6-17-26(20-27)18-7-8-25(19-26)24-15-13-23(14-16-24)22-11-9-21(4-2)10-12-22/h21-25H,3-19H2,1-2H3/t21-,22-,23?,24?,25?,26?. The lowest BCUT2D eigenvalue weighted by Gasteiger charge is -2.43. The second-order valence-electron chi connectivity index (χ2n) is 10.6. The predicted molar refractivity (Wildman–Crippen MR) is 115 cm³/mol. The molecule has 0 spiro atoms. The molecule has 3 rings (SSSR count). The van der Waals surface area contributed by atoms with E-state index in [9.17, 15) is 5.26 Å². The van der Waals surface area contributed by atoms with Crippen molar-refractivity contribution in [2.24, 2.45) is 35.0 Å². The number of rotatable bonds is 7. The lowest BCUT2D eigenvalue weighted by molar-refractivity contribution is 0.0817. The maximum absolute atomic E-state index is 9.96. The molecular formula is C26H45N. The fraction of sp³-hybridized carbons (Fsp3) is 0.962. The topological polar surface area (TPSA) is 23.8 Å². The molecule has 0 amide bonds. The lowest BCUT2D eigenvalue weighted by Crippen LogP contribution is -2.34. The van der Waals surface area contributed by atoms with Gasteiger partial charge in [0.25, 0.3) is 0 Å². The first-order valence-corrected chi connectivity index (χ1v) is 12.6. The Morgan fingerprint density at radius 2 is 1.37 bits per heavy atom. The van der Waals surface area contributed by atoms with E-state index in [2.05, 4.69) is 19.9 Å². The molecule has 154 valence electrons. The molecule has 0 aromatic heterocycles. The fourth-order valence-electron chi connectivity index (χ4n) is 7.06. The Bertz CT molecular complexity index is 461. The predicted octanol–water partition coefficient (Wildman–Crippen LogP) is 8.29. The maximum atomic E-state index is 9.96. The molecule has 0 N–H and O–H groups in total. The van der Waals surface area contributed by atoms with Gasteiger partial charge in [0.2, 0.25) is 0 Å². The summed E-state index contributed by atoms with van der Waals surface area (Å²) in [5.41, 5.74) is 0.0352. The van der Waals surface area contributed by atoms with E-state index >= 15 is 0 Å². The molecule has 27 heavy (non-hydrogen) atoms. The van der Waals surface area contributed by atoms with Crippen LogP contribution < -0.4 is 0 Å². The summed E-state index contributed by atoms with van der Waals surface area (Å²) >= 11 is 0. The Morgan fingerprint density at radius 1 is 0.778 bits per heavy atom. The van der Waals surface area contributed by atoms with Crippen LogP contribution in [0.25, 0.3) is 0 Å². The van der Waals surface area contributed by atoms with E-state index in [4.69, 9.17) is 0 Å². The number of unbranched alkanes of at least 4 members (excludes halogenated alkanes) is 2. The monoisotopic (exact) mass is 371 g/mol. The molecule has 1 nitrogen and oxygen atoms in total. The first-order valence-electron chi connectivity index (χ1n) is 12.6. The minimum absolute atomic E-state index is 0.0352. The summed E-state index contributed by atoms with van der Waals surface area (Å²) in [5, 5.41) is 9.96. The number of nitrogens with zero attached hydrogens (tertiary/aromatic N) is 1. The van der Waals surface area contributed by atoms with E-state index in [-0.39, 0.29) is 5.41 Å². The van der Waals surface area contributed by atoms with Gasteiger partial charge in [-0.3, -0.25) is 0 Å². The molecule has 0 radical (unpaired) electrons. The largest absolute Gasteiger partial charge is 0.198 e. The van der Waals surface area contributed by atoms with Crippen LogP contribution in [0.2, 0.25) is 0 Å². The van der Waals surface area contributed by atoms with Crippen LogP contribution in [0.3, 0.4) is 0 Å². The Labute approximate surface area is 169 Å². The Kier molecular flexibility index (Phi) is 8.10. The normalized spacial score (nSPS) is 40.4. The molecule has 0 bridgehead atoms. The summed E-state index contributed by atoms with van der Waals surface area (Å²) in [7, 11) is 0. The van der Waals surface area contributed by atoms with Crippen LogP contribution in [0.15, 0.2) is 0 Å². The smallest absolute Gasteiger partial charge is 0.0689 e. The Morgan fingerprint density at radius 3 is 1.93 bits per heavy atom. The van der Waals surface area contributed by atoms with Gasteiger partial charge >= 0.3 is 0 Å². The molecule has 3 aliphatic carbocycles. The van der Waals surface area contributed by atoms with E-state index in [1.165, 1.54) is 109 Å². The van der Waals surface area contributed by atoms with Gasteiger partial charge in [-0.1, -0.05) is 65.2 Å². The minimum Gasteiger partial charge on any atom is -0.198 e. The van der Waals surface area contributed by atoms with Gasteiger partial charge in [-0.2, -0.15) is 5.26 Å². The van der Waals surface area contributed by atoms with Gasteiger partial charge in [0.1, 0.15) is 0 Å². The number of hydrogen-bond acceptors (Lipinski definition) is 1. The molecule has 0 heterocycles. The molecule has 2 atom stereocenters. The highest BCUT2D eigenvalue weighted by atomic mass is 14.5. The molecule has 0 aromatic rings. The zero-order valence-corrected chi connectivity index (χ0v) is 18.4. The van der Waals surface area contributed by atoms with Gasteiger partial charge in [-0.25, -0.2) is 0 Å². The van der Waals surface area contributed by atoms with E-state index in [0.29, 0.717) is 0 Å². The third-order valence-electron chi connectivity index (χ3n) is 9.00. The van der Waals surface area contributed by atoms with Gasteiger partial charge in [-0.15, -0.1) is 0 Å². The van der Waals surface area contributed by atoms with Crippen LogP contribution in [0.4, 0.5) is 0 Å². The summed E-state index contributed by atoms with van der Waals surface area (Å²) in [6.07, 6.45) is 23.5. The summed E-state index contributed by atoms with van der Waals surface area (Å²) in [6, 6.07) is 2.82. The van der Waals surface area contributed by atoms with E-state index in [0.717, 1.165) is 29.6 Å². The highest BCUT2D eigenvalue weighted by Crippen LogP contribution is 2.50. The summed E-state index contributed by atoms with van der Waals surface area (Å²) < 4.78 is 0. The average Bonchev–Trinajstić information content (AvgIpc) is 2.74. The lowest BCUT2D eigenvalue weighted by atomic mass is 9.61. The van der Waals surface area contributed by atoms with Crippen molar-refractivity contribution in [1.82, 2.24) is 0 Å². The SMILES string of the molecule is CCCCCC1(C#N)CCCC(C2CCC([C@H]3CC[C@H](CC)CC3)CC2)C1. The molecular weight excluding hydrogens is 326 g/mol. The van der Waals surface area contributed by atoms with Crippen molar-refractivity contribution in [2.45, 2.75) is 123 Å². The third-order valence-corrected chi connectivity index (χ3v) is 9.00. The van der Waals surface area contributed by atoms with Crippen molar-refractivity contribution >= 4 is 0 Å². The van der Waals surface area contributed by atoms with Gasteiger partial charge in [0.05, 0.1) is 11.5 Å². The first kappa shape index (κ1) is 21.2. The van der Waals surface area contributed by atoms with Crippen LogP contribution in [0.1, 0.15) is 123 Å². The van der Waals surface area contributed by atoms with Gasteiger partial charge in [-0.05, 0) is 87.4 Å². The van der Waals surface area contributed by atoms with Crippen molar-refractivity contribution in [3.63, 3.8) is 0 Å². The Hall–Kier alpha value is -0.510. The summed E-state index contributed by atoms with van der Waals surface area (Å²) in [5.74, 6) is 4.91. The van der Waals surface area contributed by atoms with Crippen molar-refractivity contribution in [3.8, 4) is 6.07 Å². The molecule has 0 aromatic carbocycles. The van der Waals surface area contributed by atoms with E-state index in [1.54, 1.807) is 0 Å². The highest BCUT2D eigenvalue weighted by Gasteiger charge is 2.40. The molecule has 3 aliphatic rings. The summed E-state index contributed by atoms with van der Waals surface area (Å²) in [4.78, 5) is 0. The molecule has 3 saturated carbocycles. The third kappa shape index (κ3) is 5.52. The summed E-state index contributed by atoms with van der Waals surface area (Å²) in [6.45, 7) is 4.65. The van der Waals surface area contributed by atoms with Crippen molar-refractivity contribution in [1.29, 1.82) is 5.26 Å². The van der Waals surface area contributed by atoms with Crippen LogP contribution in [-0.4, -0.2) is 0 Å². The second-order valence-corrected chi connectivity index (χ2v) is 10.6. The van der Waals surface area contributed by atoms with Gasteiger partial charge < -0.3 is 0 Å². The van der Waals surface area contributed by atoms with Crippen LogP contribution >= 0.6 is 0 Å². The van der Waals surface area contributed by atoms with Gasteiger partial charge in [0.15, 0.2) is 0 Å². The zero-order valence-electron chi connectivity index (χ0n) is 18.4. The van der Waals surface area contributed by atoms with Gasteiger partial charge in [0, 0.05) is 0 Å². The molecule has 0 aliphatic heterocycles. The van der Waals surface area contributed by atoms with E-state index in [1.807, 2.05) is 0 Å². The van der Waals surface area contributed by atoms with Crippen molar-refractivity contribution < 1.29 is 0 Å². The van der Waals surface area contributed by atoms with Crippen molar-refractivity contribution in [3.05, 3.63) is 0 Å². The molecule has 1 heteroatoms. The molecule has 0 saturated heterocycles. The quantitative estimate of drug-likeness (QED) is 0.413. The minimum atomic E-state index is 0.0352. The van der Waals surface area contributed by atoms with Crippen molar-refractivity contribution in [2.75, 3.05) is 0 Å². The number of hydrogen-bond donors (Lipinski definition) is 0. The molecule has 3 fully saturated rings. The average molecular weight is 372 g/mol. The second kappa shape index (κ2) is 10.3. The highest BCUT2D eigenvalue weighted by molar-refractivity contribution is 5.03. The first-order chi connectivity index (χ1) is 13.2. The van der Waals surface area contributed by atoms with Crippen LogP contribution in [0.5, 0.6) is 0 Å². The van der Waals surface area contributed by atoms with Crippen LogP contribution in [0, 0.1) is 46.3 Å². The van der Waals surface area contributed by atoms with E-state index < -0.39 is 0 Å². The maximum Gasteiger partial charge on any atom is 0.0689 e. The Balaban J connectivity index is 1.47. The zero-order chi connectivity index (χ0) is 19.1. The number of nitriles is 1. The fourth-order valence-corrected chi connectivity index (χ4v) is 7.06.